The zero-order valence-electron chi connectivity index (χ0n) is 19.1. The number of ether oxygens (including phenoxy) is 2. The first-order valence-corrected chi connectivity index (χ1v) is 11.8. The first kappa shape index (κ1) is 21.8. The molecular weight excluding hydrogens is 436 g/mol. The zero-order chi connectivity index (χ0) is 24.6. The summed E-state index contributed by atoms with van der Waals surface area (Å²) in [5.41, 5.74) is 0.0244. The van der Waals surface area contributed by atoms with E-state index in [0.717, 1.165) is 6.26 Å². The van der Waals surface area contributed by atoms with Crippen LogP contribution in [0.25, 0.3) is 0 Å². The molecule has 1 aliphatic rings. The molecule has 0 unspecified atom stereocenters. The molecule has 1 aliphatic heterocycles. The second-order valence-electron chi connectivity index (χ2n) is 7.17. The third kappa shape index (κ3) is 4.59. The number of fused-ring (bicyclic) bond motifs is 1. The van der Waals surface area contributed by atoms with Gasteiger partial charge in [0.25, 0.3) is 11.8 Å². The Hall–Kier alpha value is -3.40. The van der Waals surface area contributed by atoms with Crippen molar-refractivity contribution in [3.05, 3.63) is 53.1 Å². The van der Waals surface area contributed by atoms with Crippen molar-refractivity contribution in [1.29, 1.82) is 0 Å². The minimum Gasteiger partial charge on any atom is -0.493 e. The van der Waals surface area contributed by atoms with Crippen LogP contribution in [-0.2, 0) is 14.6 Å². The molecule has 0 aromatic heterocycles. The number of nitrogens with zero attached hydrogens (tertiary/aromatic N) is 1. The second-order valence-corrected chi connectivity index (χ2v) is 9.31. The van der Waals surface area contributed by atoms with E-state index in [1.807, 2.05) is 0 Å². The van der Waals surface area contributed by atoms with Crippen LogP contribution in [-0.4, -0.2) is 56.8 Å². The molecule has 170 valence electrons. The van der Waals surface area contributed by atoms with E-state index in [-0.39, 0.29) is 34.7 Å². The number of carbonyl (C=O) groups excluding carboxylic acids is 3. The molecular formula is C22H24N2O7S. The molecule has 1 N–H and O–H groups in total. The molecule has 2 aromatic carbocycles. The number of rotatable bonds is 8. The molecule has 0 spiro atoms. The highest BCUT2D eigenvalue weighted by Crippen LogP contribution is 2.38. The first-order valence-electron chi connectivity index (χ1n) is 10.2. The number of nitrogens with one attached hydrogen (secondary N) is 1. The molecule has 0 fully saturated rings. The van der Waals surface area contributed by atoms with Crippen molar-refractivity contribution in [1.82, 2.24) is 4.90 Å². The molecule has 3 amide bonds. The van der Waals surface area contributed by atoms with Gasteiger partial charge in [0.2, 0.25) is 5.91 Å². The van der Waals surface area contributed by atoms with Gasteiger partial charge in [0, 0.05) is 13.2 Å². The Kier molecular flexibility index (Phi) is 6.13. The quantitative estimate of drug-likeness (QED) is 0.600. The van der Waals surface area contributed by atoms with E-state index in [2.05, 4.69) is 5.32 Å². The number of imide groups is 1. The molecule has 3 rings (SSSR count). The third-order valence-corrected chi connectivity index (χ3v) is 5.49. The van der Waals surface area contributed by atoms with Crippen LogP contribution >= 0.6 is 0 Å². The molecule has 2 aromatic rings. The fourth-order valence-corrected chi connectivity index (χ4v) is 4.27. The lowest BCUT2D eigenvalue weighted by atomic mass is 10.1. The number of benzene rings is 2. The fourth-order valence-electron chi connectivity index (χ4n) is 3.47. The molecule has 0 radical (unpaired) electrons. The van der Waals surface area contributed by atoms with Gasteiger partial charge in [0.05, 0.1) is 43.7 Å². The Balaban J connectivity index is 2.21. The van der Waals surface area contributed by atoms with E-state index in [1.54, 1.807) is 6.92 Å². The first-order chi connectivity index (χ1) is 15.4. The maximum Gasteiger partial charge on any atom is 0.264 e. The van der Waals surface area contributed by atoms with Gasteiger partial charge < -0.3 is 14.8 Å². The molecule has 9 nitrogen and oxygen atoms in total. The maximum absolute atomic E-state index is 13.4. The molecule has 10 heteroatoms. The van der Waals surface area contributed by atoms with Crippen LogP contribution in [0, 0.1) is 0 Å². The van der Waals surface area contributed by atoms with Crippen molar-refractivity contribution in [2.45, 2.75) is 19.9 Å². The Morgan fingerprint density at radius 1 is 1.19 bits per heavy atom. The van der Waals surface area contributed by atoms with E-state index >= 15 is 0 Å². The summed E-state index contributed by atoms with van der Waals surface area (Å²) in [6.07, 6.45) is 0.921. The average Bonchev–Trinajstić information content (AvgIpc) is 2.98. The minimum atomic E-state index is -3.85. The summed E-state index contributed by atoms with van der Waals surface area (Å²) in [5.74, 6) is -2.44. The van der Waals surface area contributed by atoms with Crippen LogP contribution < -0.4 is 14.8 Å². The van der Waals surface area contributed by atoms with E-state index in [1.165, 1.54) is 50.4 Å². The van der Waals surface area contributed by atoms with Crippen LogP contribution in [0.5, 0.6) is 11.5 Å². The molecule has 0 saturated heterocycles. The van der Waals surface area contributed by atoms with E-state index in [0.29, 0.717) is 10.6 Å². The number of hydrogen-bond donors (Lipinski definition) is 1. The summed E-state index contributed by atoms with van der Waals surface area (Å²) in [6, 6.07) is 6.30. The topological polar surface area (TPSA) is 119 Å². The van der Waals surface area contributed by atoms with Crippen molar-refractivity contribution in [2.24, 2.45) is 0 Å². The van der Waals surface area contributed by atoms with Gasteiger partial charge in [-0.25, -0.2) is 8.42 Å². The monoisotopic (exact) mass is 461 g/mol. The summed E-state index contributed by atoms with van der Waals surface area (Å²) in [6.45, 7) is 3.26. The Morgan fingerprint density at radius 3 is 2.50 bits per heavy atom. The number of anilines is 1. The van der Waals surface area contributed by atoms with Gasteiger partial charge in [-0.15, -0.1) is 0 Å². The van der Waals surface area contributed by atoms with Crippen LogP contribution in [0.3, 0.4) is 0 Å². The minimum absolute atomic E-state index is 0.0325. The van der Waals surface area contributed by atoms with Gasteiger partial charge >= 0.3 is 0 Å². The lowest BCUT2D eigenvalue weighted by molar-refractivity contribution is -0.114. The standard InChI is InChI=1S/C22H24N2O7S/c1-5-31-19-11-14(9-10-18(19)30-3)17(12-32(4,28)29)24-21(26)15-7-6-8-16(23-13(2)25)20(15)22(24)27/h6-11,17H,5,12H2,1-4H3,(H,23,25)/t17-/m0/s1/i17D. The predicted octanol–water partition coefficient (Wildman–Crippen LogP) is 2.43. The molecule has 0 aliphatic carbocycles. The summed E-state index contributed by atoms with van der Waals surface area (Å²) in [5, 5.41) is 2.50. The average molecular weight is 462 g/mol. The number of sulfone groups is 1. The van der Waals surface area contributed by atoms with Crippen LogP contribution in [0.15, 0.2) is 36.4 Å². The van der Waals surface area contributed by atoms with Crippen molar-refractivity contribution in [2.75, 3.05) is 31.0 Å². The molecule has 1 atom stereocenters. The van der Waals surface area contributed by atoms with Crippen molar-refractivity contribution < 1.29 is 33.6 Å². The van der Waals surface area contributed by atoms with Gasteiger partial charge in [-0.2, -0.15) is 0 Å². The number of methoxy groups -OCH3 is 1. The highest BCUT2D eigenvalue weighted by molar-refractivity contribution is 7.90. The fraction of sp³-hybridized carbons (Fsp3) is 0.318. The zero-order valence-corrected chi connectivity index (χ0v) is 18.9. The molecule has 32 heavy (non-hydrogen) atoms. The molecule has 0 saturated carbocycles. The number of hydrogen-bond acceptors (Lipinski definition) is 7. The van der Waals surface area contributed by atoms with Crippen molar-refractivity contribution in [3.8, 4) is 11.5 Å². The van der Waals surface area contributed by atoms with Crippen LogP contribution in [0.4, 0.5) is 5.69 Å². The summed E-state index contributed by atoms with van der Waals surface area (Å²) < 4.78 is 44.6. The van der Waals surface area contributed by atoms with Gasteiger partial charge in [0.1, 0.15) is 9.84 Å². The highest BCUT2D eigenvalue weighted by Gasteiger charge is 2.43. The highest BCUT2D eigenvalue weighted by atomic mass is 32.2. The largest absolute Gasteiger partial charge is 0.493 e. The summed E-state index contributed by atoms with van der Waals surface area (Å²) in [7, 11) is -2.42. The number of carbonyl (C=O) groups is 3. The molecule has 0 bridgehead atoms. The third-order valence-electron chi connectivity index (χ3n) is 4.69. The van der Waals surface area contributed by atoms with Crippen LogP contribution in [0.2, 0.25) is 0 Å². The second kappa shape index (κ2) is 8.99. The van der Waals surface area contributed by atoms with Crippen LogP contribution in [0.1, 0.15) is 47.5 Å². The Labute approximate surface area is 187 Å². The lowest BCUT2D eigenvalue weighted by Crippen LogP contribution is -2.37. The lowest BCUT2D eigenvalue weighted by Gasteiger charge is -2.27. The van der Waals surface area contributed by atoms with Gasteiger partial charge in [-0.05, 0) is 36.8 Å². The summed E-state index contributed by atoms with van der Waals surface area (Å²) in [4.78, 5) is 38.9. The smallest absolute Gasteiger partial charge is 0.264 e. The maximum atomic E-state index is 13.4. The normalized spacial score (nSPS) is 15.6. The van der Waals surface area contributed by atoms with E-state index in [4.69, 9.17) is 10.8 Å². The SMILES string of the molecule is [2H][C@](CS(C)(=O)=O)(c1ccc(OC)c(OCC)c1)N1C(=O)c2cccc(NC(C)=O)c2C1=O. The predicted molar refractivity (Wildman–Crippen MR) is 118 cm³/mol. The molecule has 1 heterocycles. The van der Waals surface area contributed by atoms with E-state index < -0.39 is 39.3 Å². The Morgan fingerprint density at radius 2 is 1.91 bits per heavy atom. The summed E-state index contributed by atoms with van der Waals surface area (Å²) >= 11 is 0. The van der Waals surface area contributed by atoms with Crippen molar-refractivity contribution >= 4 is 33.2 Å². The Bertz CT molecular complexity index is 1250. The van der Waals surface area contributed by atoms with Gasteiger partial charge in [-0.1, -0.05) is 12.1 Å². The number of amides is 3. The van der Waals surface area contributed by atoms with Gasteiger partial charge in [0.15, 0.2) is 11.5 Å². The van der Waals surface area contributed by atoms with E-state index in [9.17, 15) is 22.8 Å². The van der Waals surface area contributed by atoms with Gasteiger partial charge in [-0.3, -0.25) is 19.3 Å². The van der Waals surface area contributed by atoms with Crippen molar-refractivity contribution in [3.63, 3.8) is 0 Å².